The predicted molar refractivity (Wildman–Crippen MR) is 44.5 cm³/mol. The Kier molecular flexibility index (Phi) is 1.83. The number of rotatable bonds is 0. The van der Waals surface area contributed by atoms with Crippen molar-refractivity contribution in [3.8, 4) is 0 Å². The lowest BCUT2D eigenvalue weighted by molar-refractivity contribution is -0.119. The average Bonchev–Trinajstić information content (AvgIpc) is 2.40. The van der Waals surface area contributed by atoms with E-state index in [9.17, 15) is 9.90 Å². The highest BCUT2D eigenvalue weighted by molar-refractivity contribution is 5.79. The molecule has 3 nitrogen and oxygen atoms in total. The third kappa shape index (κ3) is 1.33. The first-order valence-electron chi connectivity index (χ1n) is 4.65. The number of nitrogens with one attached hydrogen (secondary N) is 1. The number of aliphatic hydroxyl groups excluding tert-OH is 1. The summed E-state index contributed by atoms with van der Waals surface area (Å²) in [6.07, 6.45) is 4.31. The van der Waals surface area contributed by atoms with Crippen molar-refractivity contribution in [2.75, 3.05) is 6.54 Å². The van der Waals surface area contributed by atoms with Crippen molar-refractivity contribution >= 4 is 5.91 Å². The minimum absolute atomic E-state index is 0.119. The molecule has 1 saturated carbocycles. The maximum absolute atomic E-state index is 11.0. The van der Waals surface area contributed by atoms with Crippen molar-refractivity contribution in [2.24, 2.45) is 5.41 Å². The van der Waals surface area contributed by atoms with Crippen LogP contribution in [0.15, 0.2) is 0 Å². The van der Waals surface area contributed by atoms with Gasteiger partial charge in [0.25, 0.3) is 0 Å². The van der Waals surface area contributed by atoms with Gasteiger partial charge in [0.05, 0.1) is 6.10 Å². The number of hydrogen-bond acceptors (Lipinski definition) is 2. The van der Waals surface area contributed by atoms with Crippen molar-refractivity contribution in [1.82, 2.24) is 5.32 Å². The average molecular weight is 169 g/mol. The van der Waals surface area contributed by atoms with E-state index in [4.69, 9.17) is 0 Å². The molecule has 1 spiro atoms. The van der Waals surface area contributed by atoms with Gasteiger partial charge in [-0.05, 0) is 31.1 Å². The second-order valence-corrected chi connectivity index (χ2v) is 4.18. The Morgan fingerprint density at radius 1 is 1.42 bits per heavy atom. The fourth-order valence-electron chi connectivity index (χ4n) is 2.32. The highest BCUT2D eigenvalue weighted by Gasteiger charge is 2.40. The largest absolute Gasteiger partial charge is 0.393 e. The van der Waals surface area contributed by atoms with Crippen LogP contribution < -0.4 is 5.32 Å². The molecule has 1 aliphatic heterocycles. The lowest BCUT2D eigenvalue weighted by Crippen LogP contribution is -2.31. The third-order valence-corrected chi connectivity index (χ3v) is 3.21. The quantitative estimate of drug-likeness (QED) is 0.552. The van der Waals surface area contributed by atoms with Crippen molar-refractivity contribution in [3.63, 3.8) is 0 Å². The second kappa shape index (κ2) is 2.73. The highest BCUT2D eigenvalue weighted by atomic mass is 16.3. The number of carbonyl (C=O) groups excluding carboxylic acids is 1. The number of hydrogen-bond donors (Lipinski definition) is 2. The molecular weight excluding hydrogens is 154 g/mol. The van der Waals surface area contributed by atoms with Crippen molar-refractivity contribution in [3.05, 3.63) is 0 Å². The van der Waals surface area contributed by atoms with E-state index in [0.29, 0.717) is 6.42 Å². The molecule has 12 heavy (non-hydrogen) atoms. The lowest BCUT2D eigenvalue weighted by atomic mass is 9.72. The van der Waals surface area contributed by atoms with Gasteiger partial charge < -0.3 is 10.4 Å². The van der Waals surface area contributed by atoms with Gasteiger partial charge in [0, 0.05) is 13.0 Å². The molecule has 2 rings (SSSR count). The number of aliphatic hydroxyl groups is 1. The van der Waals surface area contributed by atoms with E-state index in [1.165, 1.54) is 0 Å². The molecule has 1 aliphatic carbocycles. The van der Waals surface area contributed by atoms with Crippen LogP contribution in [0, 0.1) is 5.41 Å². The summed E-state index contributed by atoms with van der Waals surface area (Å²) >= 11 is 0. The number of carbonyl (C=O) groups is 1. The van der Waals surface area contributed by atoms with Crippen molar-refractivity contribution in [2.45, 2.75) is 38.2 Å². The summed E-state index contributed by atoms with van der Waals surface area (Å²) < 4.78 is 0. The number of amides is 1. The van der Waals surface area contributed by atoms with E-state index in [1.807, 2.05) is 0 Å². The standard InChI is InChI=1S/C9H15NO2/c11-7-1-3-9(4-2-7)5-8(12)10-6-9/h7,11H,1-6H2,(H,10,12). The third-order valence-electron chi connectivity index (χ3n) is 3.21. The highest BCUT2D eigenvalue weighted by Crippen LogP contribution is 2.41. The summed E-state index contributed by atoms with van der Waals surface area (Å²) in [5.74, 6) is 0.186. The summed E-state index contributed by atoms with van der Waals surface area (Å²) in [6, 6.07) is 0. The van der Waals surface area contributed by atoms with Crippen LogP contribution in [-0.4, -0.2) is 23.7 Å². The summed E-state index contributed by atoms with van der Waals surface area (Å²) in [5.41, 5.74) is 0.205. The minimum atomic E-state index is -0.119. The summed E-state index contributed by atoms with van der Waals surface area (Å²) in [6.45, 7) is 0.832. The SMILES string of the molecule is O=C1CC2(CCC(O)CC2)CN1. The Labute approximate surface area is 72.2 Å². The van der Waals surface area contributed by atoms with Gasteiger partial charge in [-0.1, -0.05) is 0 Å². The van der Waals surface area contributed by atoms with Crippen LogP contribution in [0.1, 0.15) is 32.1 Å². The van der Waals surface area contributed by atoms with E-state index < -0.39 is 0 Å². The smallest absolute Gasteiger partial charge is 0.220 e. The molecule has 0 aromatic rings. The van der Waals surface area contributed by atoms with Crippen LogP contribution in [0.5, 0.6) is 0 Å². The van der Waals surface area contributed by atoms with Crippen LogP contribution in [0.2, 0.25) is 0 Å². The Balaban J connectivity index is 1.99. The normalized spacial score (nSPS) is 41.8. The Hall–Kier alpha value is -0.570. The first-order chi connectivity index (χ1) is 5.70. The van der Waals surface area contributed by atoms with Gasteiger partial charge in [0.1, 0.15) is 0 Å². The van der Waals surface area contributed by atoms with E-state index in [-0.39, 0.29) is 17.4 Å². The van der Waals surface area contributed by atoms with Gasteiger partial charge in [0.15, 0.2) is 0 Å². The fraction of sp³-hybridized carbons (Fsp3) is 0.889. The van der Waals surface area contributed by atoms with Crippen LogP contribution in [0.25, 0.3) is 0 Å². The lowest BCUT2D eigenvalue weighted by Gasteiger charge is -2.33. The van der Waals surface area contributed by atoms with Gasteiger partial charge >= 0.3 is 0 Å². The van der Waals surface area contributed by atoms with Crippen molar-refractivity contribution < 1.29 is 9.90 Å². The Morgan fingerprint density at radius 2 is 2.08 bits per heavy atom. The van der Waals surface area contributed by atoms with Gasteiger partial charge in [-0.3, -0.25) is 4.79 Å². The molecule has 2 N–H and O–H groups in total. The zero-order chi connectivity index (χ0) is 8.60. The maximum Gasteiger partial charge on any atom is 0.220 e. The summed E-state index contributed by atoms with van der Waals surface area (Å²) in [7, 11) is 0. The van der Waals surface area contributed by atoms with Gasteiger partial charge in [-0.15, -0.1) is 0 Å². The molecular formula is C9H15NO2. The molecule has 2 fully saturated rings. The van der Waals surface area contributed by atoms with Gasteiger partial charge in [-0.25, -0.2) is 0 Å². The van der Waals surface area contributed by atoms with E-state index in [0.717, 1.165) is 32.2 Å². The first kappa shape index (κ1) is 8.05. The van der Waals surface area contributed by atoms with Crippen molar-refractivity contribution in [1.29, 1.82) is 0 Å². The van der Waals surface area contributed by atoms with Gasteiger partial charge in [-0.2, -0.15) is 0 Å². The molecule has 1 saturated heterocycles. The molecule has 68 valence electrons. The second-order valence-electron chi connectivity index (χ2n) is 4.18. The first-order valence-corrected chi connectivity index (χ1v) is 4.65. The zero-order valence-electron chi connectivity index (χ0n) is 7.18. The van der Waals surface area contributed by atoms with Crippen LogP contribution in [0.4, 0.5) is 0 Å². The maximum atomic E-state index is 11.0. The molecule has 1 amide bonds. The molecule has 2 aliphatic rings. The molecule has 0 unspecified atom stereocenters. The van der Waals surface area contributed by atoms with Crippen LogP contribution in [0.3, 0.4) is 0 Å². The predicted octanol–water partition coefficient (Wildman–Crippen LogP) is 0.428. The molecule has 1 heterocycles. The molecule has 0 radical (unpaired) electrons. The van der Waals surface area contributed by atoms with Crippen LogP contribution in [-0.2, 0) is 4.79 Å². The molecule has 0 bridgehead atoms. The Morgan fingerprint density at radius 3 is 2.58 bits per heavy atom. The Bertz CT molecular complexity index is 195. The molecule has 0 atom stereocenters. The molecule has 0 aromatic carbocycles. The molecule has 0 aromatic heterocycles. The summed E-state index contributed by atoms with van der Waals surface area (Å²) in [5, 5.41) is 12.2. The molecule has 3 heteroatoms. The fourth-order valence-corrected chi connectivity index (χ4v) is 2.32. The summed E-state index contributed by atoms with van der Waals surface area (Å²) in [4.78, 5) is 11.0. The minimum Gasteiger partial charge on any atom is -0.393 e. The van der Waals surface area contributed by atoms with E-state index in [2.05, 4.69) is 5.32 Å². The van der Waals surface area contributed by atoms with E-state index >= 15 is 0 Å². The topological polar surface area (TPSA) is 49.3 Å². The van der Waals surface area contributed by atoms with Gasteiger partial charge in [0.2, 0.25) is 5.91 Å². The monoisotopic (exact) mass is 169 g/mol. The van der Waals surface area contributed by atoms with E-state index in [1.54, 1.807) is 0 Å². The van der Waals surface area contributed by atoms with Crippen LogP contribution >= 0.6 is 0 Å². The zero-order valence-corrected chi connectivity index (χ0v) is 7.18.